The molecule has 0 bridgehead atoms. The van der Waals surface area contributed by atoms with Gasteiger partial charge in [-0.2, -0.15) is 0 Å². The molecule has 0 rings (SSSR count). The standard InChI is InChI=1S/C16H27NO2/c1-5-14(11-12-15(18)6-2)10-9-13-17(8-4)16(19)7-3/h6-7,14H,2-3,5,8-13H2,1,4H3. The van der Waals surface area contributed by atoms with Crippen molar-refractivity contribution < 1.29 is 9.59 Å². The normalized spacial score (nSPS) is 11.7. The smallest absolute Gasteiger partial charge is 0.245 e. The zero-order valence-electron chi connectivity index (χ0n) is 12.4. The first-order valence-electron chi connectivity index (χ1n) is 7.15. The van der Waals surface area contributed by atoms with Gasteiger partial charge in [0.05, 0.1) is 0 Å². The SMILES string of the molecule is C=CC(=O)CCC(CC)CCCN(CC)C(=O)C=C. The van der Waals surface area contributed by atoms with Gasteiger partial charge in [0.2, 0.25) is 5.91 Å². The zero-order chi connectivity index (χ0) is 14.7. The van der Waals surface area contributed by atoms with Crippen LogP contribution in [0.3, 0.4) is 0 Å². The minimum absolute atomic E-state index is 0.00242. The van der Waals surface area contributed by atoms with Crippen molar-refractivity contribution >= 4 is 11.7 Å². The highest BCUT2D eigenvalue weighted by Gasteiger charge is 2.11. The fourth-order valence-corrected chi connectivity index (χ4v) is 2.13. The molecule has 0 spiro atoms. The molecule has 3 nitrogen and oxygen atoms in total. The van der Waals surface area contributed by atoms with E-state index in [-0.39, 0.29) is 11.7 Å². The van der Waals surface area contributed by atoms with E-state index in [9.17, 15) is 9.59 Å². The number of carbonyl (C=O) groups excluding carboxylic acids is 2. The Hall–Kier alpha value is -1.38. The maximum absolute atomic E-state index is 11.5. The number of amides is 1. The van der Waals surface area contributed by atoms with Gasteiger partial charge in [-0.1, -0.05) is 26.5 Å². The topological polar surface area (TPSA) is 37.4 Å². The second kappa shape index (κ2) is 10.5. The Morgan fingerprint density at radius 2 is 1.84 bits per heavy atom. The molecular weight excluding hydrogens is 238 g/mol. The van der Waals surface area contributed by atoms with Crippen LogP contribution >= 0.6 is 0 Å². The summed E-state index contributed by atoms with van der Waals surface area (Å²) < 4.78 is 0. The van der Waals surface area contributed by atoms with Crippen LogP contribution in [-0.4, -0.2) is 29.7 Å². The summed E-state index contributed by atoms with van der Waals surface area (Å²) in [6.45, 7) is 12.6. The fraction of sp³-hybridized carbons (Fsp3) is 0.625. The second-order valence-electron chi connectivity index (χ2n) is 4.75. The number of rotatable bonds is 11. The van der Waals surface area contributed by atoms with E-state index < -0.39 is 0 Å². The molecule has 0 aliphatic rings. The van der Waals surface area contributed by atoms with Crippen molar-refractivity contribution in [2.75, 3.05) is 13.1 Å². The van der Waals surface area contributed by atoms with Gasteiger partial charge < -0.3 is 4.90 Å². The first kappa shape index (κ1) is 17.6. The molecule has 0 N–H and O–H groups in total. The molecule has 0 fully saturated rings. The van der Waals surface area contributed by atoms with Crippen LogP contribution in [0, 0.1) is 5.92 Å². The molecule has 0 radical (unpaired) electrons. The van der Waals surface area contributed by atoms with Crippen LogP contribution in [-0.2, 0) is 9.59 Å². The summed E-state index contributed by atoms with van der Waals surface area (Å²) in [6, 6.07) is 0. The van der Waals surface area contributed by atoms with Crippen molar-refractivity contribution in [3.05, 3.63) is 25.3 Å². The van der Waals surface area contributed by atoms with E-state index in [0.29, 0.717) is 12.3 Å². The van der Waals surface area contributed by atoms with Crippen LogP contribution in [0.1, 0.15) is 46.0 Å². The van der Waals surface area contributed by atoms with Crippen molar-refractivity contribution in [1.82, 2.24) is 4.90 Å². The lowest BCUT2D eigenvalue weighted by atomic mass is 9.94. The molecule has 3 heteroatoms. The summed E-state index contributed by atoms with van der Waals surface area (Å²) in [5, 5.41) is 0. The quantitative estimate of drug-likeness (QED) is 0.537. The molecule has 1 atom stereocenters. The summed E-state index contributed by atoms with van der Waals surface area (Å²) in [5.41, 5.74) is 0. The Morgan fingerprint density at radius 3 is 2.32 bits per heavy atom. The lowest BCUT2D eigenvalue weighted by Gasteiger charge is -2.21. The van der Waals surface area contributed by atoms with Gasteiger partial charge in [-0.05, 0) is 44.3 Å². The fourth-order valence-electron chi connectivity index (χ4n) is 2.13. The Balaban J connectivity index is 3.99. The Labute approximate surface area is 117 Å². The van der Waals surface area contributed by atoms with E-state index in [0.717, 1.165) is 38.8 Å². The highest BCUT2D eigenvalue weighted by atomic mass is 16.2. The van der Waals surface area contributed by atoms with E-state index in [4.69, 9.17) is 0 Å². The molecule has 108 valence electrons. The summed E-state index contributed by atoms with van der Waals surface area (Å²) in [7, 11) is 0. The molecule has 19 heavy (non-hydrogen) atoms. The number of nitrogens with zero attached hydrogens (tertiary/aromatic N) is 1. The van der Waals surface area contributed by atoms with Gasteiger partial charge in [0, 0.05) is 19.5 Å². The Bertz CT molecular complexity index is 310. The number of ketones is 1. The van der Waals surface area contributed by atoms with E-state index in [1.807, 2.05) is 6.92 Å². The van der Waals surface area contributed by atoms with E-state index in [2.05, 4.69) is 20.1 Å². The van der Waals surface area contributed by atoms with Crippen molar-refractivity contribution in [3.63, 3.8) is 0 Å². The second-order valence-corrected chi connectivity index (χ2v) is 4.75. The van der Waals surface area contributed by atoms with Crippen LogP contribution in [0.2, 0.25) is 0 Å². The molecular formula is C16H27NO2. The third-order valence-corrected chi connectivity index (χ3v) is 3.51. The molecule has 1 amide bonds. The average Bonchev–Trinajstić information content (AvgIpc) is 2.45. The molecule has 0 aliphatic carbocycles. The Kier molecular flexibility index (Phi) is 9.77. The van der Waals surface area contributed by atoms with Crippen molar-refractivity contribution in [2.45, 2.75) is 46.0 Å². The first-order chi connectivity index (χ1) is 9.08. The average molecular weight is 265 g/mol. The highest BCUT2D eigenvalue weighted by molar-refractivity contribution is 5.89. The van der Waals surface area contributed by atoms with Gasteiger partial charge in [0.25, 0.3) is 0 Å². The summed E-state index contributed by atoms with van der Waals surface area (Å²) in [6.07, 6.45) is 7.38. The largest absolute Gasteiger partial charge is 0.339 e. The molecule has 0 saturated heterocycles. The van der Waals surface area contributed by atoms with Gasteiger partial charge in [0.15, 0.2) is 5.78 Å². The molecule has 0 aliphatic heterocycles. The van der Waals surface area contributed by atoms with Gasteiger partial charge in [0.1, 0.15) is 0 Å². The maximum Gasteiger partial charge on any atom is 0.245 e. The summed E-state index contributed by atoms with van der Waals surface area (Å²) in [5.74, 6) is 0.675. The van der Waals surface area contributed by atoms with Gasteiger partial charge in [-0.3, -0.25) is 9.59 Å². The van der Waals surface area contributed by atoms with E-state index in [1.165, 1.54) is 12.2 Å². The predicted octanol–water partition coefficient (Wildman–Crippen LogP) is 3.36. The first-order valence-corrected chi connectivity index (χ1v) is 7.15. The number of allylic oxidation sites excluding steroid dienone is 1. The molecule has 0 aromatic rings. The van der Waals surface area contributed by atoms with Crippen molar-refractivity contribution in [1.29, 1.82) is 0 Å². The third kappa shape index (κ3) is 7.60. The summed E-state index contributed by atoms with van der Waals surface area (Å²) in [4.78, 5) is 24.5. The number of hydrogen-bond donors (Lipinski definition) is 0. The number of carbonyl (C=O) groups is 2. The van der Waals surface area contributed by atoms with Crippen LogP contribution in [0.5, 0.6) is 0 Å². The number of hydrogen-bond acceptors (Lipinski definition) is 2. The van der Waals surface area contributed by atoms with Crippen molar-refractivity contribution in [2.24, 2.45) is 5.92 Å². The van der Waals surface area contributed by atoms with Crippen LogP contribution in [0.25, 0.3) is 0 Å². The van der Waals surface area contributed by atoms with Crippen molar-refractivity contribution in [3.8, 4) is 0 Å². The lowest BCUT2D eigenvalue weighted by Crippen LogP contribution is -2.30. The van der Waals surface area contributed by atoms with Crippen LogP contribution in [0.4, 0.5) is 0 Å². The van der Waals surface area contributed by atoms with Gasteiger partial charge in [-0.15, -0.1) is 0 Å². The van der Waals surface area contributed by atoms with Crippen LogP contribution in [0.15, 0.2) is 25.3 Å². The highest BCUT2D eigenvalue weighted by Crippen LogP contribution is 2.18. The predicted molar refractivity (Wildman–Crippen MR) is 79.9 cm³/mol. The van der Waals surface area contributed by atoms with Crippen LogP contribution < -0.4 is 0 Å². The van der Waals surface area contributed by atoms with Gasteiger partial charge >= 0.3 is 0 Å². The molecule has 0 heterocycles. The molecule has 0 aromatic carbocycles. The van der Waals surface area contributed by atoms with E-state index in [1.54, 1.807) is 4.90 Å². The molecule has 1 unspecified atom stereocenters. The minimum Gasteiger partial charge on any atom is -0.339 e. The lowest BCUT2D eigenvalue weighted by molar-refractivity contribution is -0.125. The summed E-state index contributed by atoms with van der Waals surface area (Å²) >= 11 is 0. The monoisotopic (exact) mass is 265 g/mol. The number of likely N-dealkylation sites (N-methyl/N-ethyl adjacent to an activating group) is 1. The molecule has 0 saturated carbocycles. The maximum atomic E-state index is 11.5. The minimum atomic E-state index is -0.00242. The zero-order valence-corrected chi connectivity index (χ0v) is 12.4. The third-order valence-electron chi connectivity index (χ3n) is 3.51. The molecule has 0 aromatic heterocycles. The van der Waals surface area contributed by atoms with E-state index >= 15 is 0 Å². The van der Waals surface area contributed by atoms with Gasteiger partial charge in [-0.25, -0.2) is 0 Å². The Morgan fingerprint density at radius 1 is 1.16 bits per heavy atom.